The number of fused-ring (bicyclic) bond motifs is 1. The molecule has 4 rings (SSSR count). The molecule has 0 saturated carbocycles. The molecule has 1 aliphatic heterocycles. The van der Waals surface area contributed by atoms with Crippen molar-refractivity contribution >= 4 is 32.7 Å². The molecule has 9 nitrogen and oxygen atoms in total. The highest BCUT2D eigenvalue weighted by Gasteiger charge is 2.27. The Balaban J connectivity index is 1.64. The molecule has 10 heteroatoms. The summed E-state index contributed by atoms with van der Waals surface area (Å²) in [5.41, 5.74) is 2.73. The average molecular weight is 445 g/mol. The van der Waals surface area contributed by atoms with Crippen LogP contribution in [0.2, 0.25) is 0 Å². The molecular formula is C21H24N4O5S. The lowest BCUT2D eigenvalue weighted by Gasteiger charge is -2.26. The Morgan fingerprint density at radius 1 is 1.00 bits per heavy atom. The zero-order valence-electron chi connectivity index (χ0n) is 17.6. The lowest BCUT2D eigenvalue weighted by atomic mass is 10.1. The SMILES string of the molecule is Cc1ccc(S(=O)(=O)N2CCOCC2)cc1C(=O)Nc1ccc2c(c1)n(C)c(=O)n2C. The number of carbonyl (C=O) groups is 1. The molecule has 1 amide bonds. The van der Waals surface area contributed by atoms with Crippen LogP contribution < -0.4 is 11.0 Å². The van der Waals surface area contributed by atoms with Crippen LogP contribution in [0.3, 0.4) is 0 Å². The quantitative estimate of drug-likeness (QED) is 0.656. The van der Waals surface area contributed by atoms with Gasteiger partial charge >= 0.3 is 5.69 Å². The first-order valence-electron chi connectivity index (χ1n) is 9.85. The largest absolute Gasteiger partial charge is 0.379 e. The van der Waals surface area contributed by atoms with Crippen LogP contribution in [0.25, 0.3) is 11.0 Å². The Morgan fingerprint density at radius 2 is 1.68 bits per heavy atom. The van der Waals surface area contributed by atoms with Crippen LogP contribution >= 0.6 is 0 Å². The third-order valence-electron chi connectivity index (χ3n) is 5.59. The van der Waals surface area contributed by atoms with Crippen LogP contribution in [0.5, 0.6) is 0 Å². The van der Waals surface area contributed by atoms with E-state index in [1.54, 1.807) is 45.3 Å². The number of benzene rings is 2. The van der Waals surface area contributed by atoms with Crippen molar-refractivity contribution in [1.82, 2.24) is 13.4 Å². The predicted molar refractivity (Wildman–Crippen MR) is 117 cm³/mol. The Bertz CT molecular complexity index is 1330. The second-order valence-electron chi connectivity index (χ2n) is 7.55. The van der Waals surface area contributed by atoms with E-state index in [4.69, 9.17) is 4.74 Å². The summed E-state index contributed by atoms with van der Waals surface area (Å²) in [7, 11) is -0.357. The van der Waals surface area contributed by atoms with E-state index in [0.717, 1.165) is 5.52 Å². The van der Waals surface area contributed by atoms with Crippen molar-refractivity contribution in [3.8, 4) is 0 Å². The van der Waals surface area contributed by atoms with E-state index in [-0.39, 0.29) is 29.2 Å². The predicted octanol–water partition coefficient (Wildman–Crippen LogP) is 1.46. The Hall–Kier alpha value is -2.95. The minimum atomic E-state index is -3.71. The van der Waals surface area contributed by atoms with Gasteiger partial charge in [-0.2, -0.15) is 4.31 Å². The molecule has 0 aliphatic carbocycles. The van der Waals surface area contributed by atoms with Gasteiger partial charge in [0.2, 0.25) is 10.0 Å². The Labute approximate surface area is 179 Å². The molecule has 3 aromatic rings. The molecule has 1 aromatic heterocycles. The summed E-state index contributed by atoms with van der Waals surface area (Å²) in [6.07, 6.45) is 0. The maximum Gasteiger partial charge on any atom is 0.328 e. The lowest BCUT2D eigenvalue weighted by Crippen LogP contribution is -2.40. The topological polar surface area (TPSA) is 103 Å². The fourth-order valence-electron chi connectivity index (χ4n) is 3.73. The van der Waals surface area contributed by atoms with E-state index < -0.39 is 15.9 Å². The summed E-state index contributed by atoms with van der Waals surface area (Å²) < 4.78 is 35.5. The van der Waals surface area contributed by atoms with Gasteiger partial charge < -0.3 is 10.1 Å². The molecule has 1 N–H and O–H groups in total. The first-order valence-corrected chi connectivity index (χ1v) is 11.3. The first-order chi connectivity index (χ1) is 14.7. The molecule has 0 atom stereocenters. The summed E-state index contributed by atoms with van der Waals surface area (Å²) >= 11 is 0. The van der Waals surface area contributed by atoms with Crippen LogP contribution in [-0.4, -0.2) is 54.1 Å². The van der Waals surface area contributed by atoms with Crippen LogP contribution in [-0.2, 0) is 28.9 Å². The number of rotatable bonds is 4. The molecule has 1 aliphatic rings. The fraction of sp³-hybridized carbons (Fsp3) is 0.333. The molecule has 2 aromatic carbocycles. The molecule has 1 saturated heterocycles. The number of morpholine rings is 1. The van der Waals surface area contributed by atoms with E-state index in [1.165, 1.54) is 25.6 Å². The Morgan fingerprint density at radius 3 is 2.39 bits per heavy atom. The van der Waals surface area contributed by atoms with Crippen LogP contribution in [0, 0.1) is 6.92 Å². The Kier molecular flexibility index (Phi) is 5.46. The highest BCUT2D eigenvalue weighted by Crippen LogP contribution is 2.23. The molecule has 164 valence electrons. The van der Waals surface area contributed by atoms with Crippen molar-refractivity contribution in [2.75, 3.05) is 31.6 Å². The monoisotopic (exact) mass is 444 g/mol. The number of aryl methyl sites for hydroxylation is 3. The summed E-state index contributed by atoms with van der Waals surface area (Å²) in [6.45, 7) is 3.02. The van der Waals surface area contributed by atoms with E-state index in [9.17, 15) is 18.0 Å². The number of anilines is 1. The minimum Gasteiger partial charge on any atom is -0.379 e. The zero-order chi connectivity index (χ0) is 22.3. The normalized spacial score (nSPS) is 15.3. The molecule has 1 fully saturated rings. The molecule has 0 bridgehead atoms. The van der Waals surface area contributed by atoms with Crippen molar-refractivity contribution in [1.29, 1.82) is 0 Å². The number of carbonyl (C=O) groups excluding carboxylic acids is 1. The van der Waals surface area contributed by atoms with E-state index in [0.29, 0.717) is 30.0 Å². The first kappa shape index (κ1) is 21.3. The van der Waals surface area contributed by atoms with Gasteiger partial charge in [0.25, 0.3) is 5.91 Å². The van der Waals surface area contributed by atoms with Gasteiger partial charge in [-0.05, 0) is 42.8 Å². The van der Waals surface area contributed by atoms with Gasteiger partial charge in [-0.3, -0.25) is 13.9 Å². The van der Waals surface area contributed by atoms with E-state index in [2.05, 4.69) is 5.32 Å². The van der Waals surface area contributed by atoms with Crippen molar-refractivity contribution in [3.05, 3.63) is 58.0 Å². The minimum absolute atomic E-state index is 0.0751. The maximum atomic E-state index is 13.0. The van der Waals surface area contributed by atoms with Crippen LogP contribution in [0.4, 0.5) is 5.69 Å². The standard InChI is InChI=1S/C21H24N4O5S/c1-14-4-6-16(31(28,29)25-8-10-30-11-9-25)13-17(14)20(26)22-15-5-7-18-19(12-15)24(3)21(27)23(18)2/h4-7,12-13H,8-11H2,1-3H3,(H,22,26). The number of hydrogen-bond donors (Lipinski definition) is 1. The van der Waals surface area contributed by atoms with E-state index in [1.807, 2.05) is 0 Å². The van der Waals surface area contributed by atoms with Gasteiger partial charge in [0.1, 0.15) is 0 Å². The second-order valence-corrected chi connectivity index (χ2v) is 9.49. The number of nitrogens with one attached hydrogen (secondary N) is 1. The molecule has 0 radical (unpaired) electrons. The number of sulfonamides is 1. The summed E-state index contributed by atoms with van der Waals surface area (Å²) in [5.74, 6) is -0.420. The number of nitrogens with zero attached hydrogens (tertiary/aromatic N) is 3. The third kappa shape index (κ3) is 3.78. The van der Waals surface area contributed by atoms with Gasteiger partial charge in [-0.25, -0.2) is 13.2 Å². The third-order valence-corrected chi connectivity index (χ3v) is 7.49. The van der Waals surface area contributed by atoms with Crippen LogP contribution in [0.15, 0.2) is 46.1 Å². The highest BCUT2D eigenvalue weighted by atomic mass is 32.2. The fourth-order valence-corrected chi connectivity index (χ4v) is 5.16. The van der Waals surface area contributed by atoms with Crippen molar-refractivity contribution in [2.24, 2.45) is 14.1 Å². The highest BCUT2D eigenvalue weighted by molar-refractivity contribution is 7.89. The summed E-state index contributed by atoms with van der Waals surface area (Å²) in [6, 6.07) is 9.75. The van der Waals surface area contributed by atoms with Crippen molar-refractivity contribution < 1.29 is 17.9 Å². The number of aromatic nitrogens is 2. The zero-order valence-corrected chi connectivity index (χ0v) is 18.4. The van der Waals surface area contributed by atoms with Crippen molar-refractivity contribution in [2.45, 2.75) is 11.8 Å². The molecule has 0 spiro atoms. The van der Waals surface area contributed by atoms with Gasteiger partial charge in [0, 0.05) is 38.4 Å². The number of amides is 1. The van der Waals surface area contributed by atoms with Crippen molar-refractivity contribution in [3.63, 3.8) is 0 Å². The van der Waals surface area contributed by atoms with Gasteiger partial charge in [0.15, 0.2) is 0 Å². The summed E-state index contributed by atoms with van der Waals surface area (Å²) in [4.78, 5) is 25.2. The second kappa shape index (κ2) is 7.95. The van der Waals surface area contributed by atoms with Gasteiger partial charge in [-0.15, -0.1) is 0 Å². The number of imidazole rings is 1. The number of ether oxygens (including phenoxy) is 1. The van der Waals surface area contributed by atoms with Crippen LogP contribution in [0.1, 0.15) is 15.9 Å². The number of hydrogen-bond acceptors (Lipinski definition) is 5. The molecule has 0 unspecified atom stereocenters. The maximum absolute atomic E-state index is 13.0. The average Bonchev–Trinajstić information content (AvgIpc) is 2.98. The molecule has 31 heavy (non-hydrogen) atoms. The van der Waals surface area contributed by atoms with Gasteiger partial charge in [-0.1, -0.05) is 6.07 Å². The smallest absolute Gasteiger partial charge is 0.328 e. The van der Waals surface area contributed by atoms with E-state index >= 15 is 0 Å². The molecular weight excluding hydrogens is 420 g/mol. The molecule has 2 heterocycles. The summed E-state index contributed by atoms with van der Waals surface area (Å²) in [5, 5.41) is 2.81. The lowest BCUT2D eigenvalue weighted by molar-refractivity contribution is 0.0730. The van der Waals surface area contributed by atoms with Gasteiger partial charge in [0.05, 0.1) is 29.1 Å².